The van der Waals surface area contributed by atoms with Crippen LogP contribution in [0.25, 0.3) is 0 Å². The third-order valence-electron chi connectivity index (χ3n) is 2.12. The number of benzene rings is 2. The molecule has 0 aliphatic carbocycles. The van der Waals surface area contributed by atoms with Gasteiger partial charge in [0.15, 0.2) is 0 Å². The fourth-order valence-corrected chi connectivity index (χ4v) is 1.38. The largest absolute Gasteiger partial charge is 0.465 e. The van der Waals surface area contributed by atoms with Crippen molar-refractivity contribution in [3.63, 3.8) is 0 Å². The fourth-order valence-electron chi connectivity index (χ4n) is 1.38. The molecule has 0 saturated carbocycles. The van der Waals surface area contributed by atoms with E-state index in [0.717, 1.165) is 17.2 Å². The monoisotopic (exact) mass is 226 g/mol. The van der Waals surface area contributed by atoms with Crippen LogP contribution in [0.4, 0.5) is 0 Å². The first kappa shape index (κ1) is 11.3. The van der Waals surface area contributed by atoms with E-state index in [4.69, 9.17) is 9.47 Å². The lowest BCUT2D eigenvalue weighted by atomic mass is 10.3. The maximum atomic E-state index is 5.69. The van der Waals surface area contributed by atoms with Gasteiger partial charge in [-0.3, -0.25) is 0 Å². The zero-order valence-electron chi connectivity index (χ0n) is 9.67. The summed E-state index contributed by atoms with van der Waals surface area (Å²) >= 11 is 0. The Balaban J connectivity index is 2.11. The molecule has 0 bridgehead atoms. The molecule has 2 rings (SSSR count). The molecule has 0 radical (unpaired) electrons. The Kier molecular flexibility index (Phi) is 3.81. The van der Waals surface area contributed by atoms with Crippen molar-refractivity contribution >= 4 is 0 Å². The van der Waals surface area contributed by atoms with E-state index < -0.39 is 0 Å². The smallest absolute Gasteiger partial charge is 0.131 e. The molecule has 86 valence electrons. The lowest BCUT2D eigenvalue weighted by Crippen LogP contribution is -1.85. The van der Waals surface area contributed by atoms with Crippen LogP contribution >= 0.6 is 0 Å². The minimum atomic E-state index is 0.761. The maximum Gasteiger partial charge on any atom is 0.131 e. The number of hydrogen-bond acceptors (Lipinski definition) is 2. The van der Waals surface area contributed by atoms with E-state index in [0.29, 0.717) is 0 Å². The number of hydrogen-bond donors (Lipinski definition) is 0. The van der Waals surface area contributed by atoms with E-state index >= 15 is 0 Å². The Morgan fingerprint density at radius 2 is 1.53 bits per heavy atom. The van der Waals surface area contributed by atoms with E-state index in [-0.39, 0.29) is 0 Å². The van der Waals surface area contributed by atoms with Gasteiger partial charge in [0.1, 0.15) is 17.2 Å². The first-order chi connectivity index (χ1) is 8.38. The molecule has 0 unspecified atom stereocenters. The number of para-hydroxylation sites is 1. The van der Waals surface area contributed by atoms with Crippen LogP contribution in [0.2, 0.25) is 0 Å². The summed E-state index contributed by atoms with van der Waals surface area (Å²) in [7, 11) is 0. The summed E-state index contributed by atoms with van der Waals surface area (Å²) in [6, 6.07) is 17.2. The summed E-state index contributed by atoms with van der Waals surface area (Å²) in [6.45, 7) is 1.91. The average molecular weight is 226 g/mol. The number of allylic oxidation sites excluding steroid dienone is 1. The lowest BCUT2D eigenvalue weighted by Gasteiger charge is -2.06. The molecule has 0 fully saturated rings. The van der Waals surface area contributed by atoms with E-state index in [9.17, 15) is 0 Å². The molecule has 0 amide bonds. The van der Waals surface area contributed by atoms with Crippen LogP contribution in [0.15, 0.2) is 66.9 Å². The zero-order chi connectivity index (χ0) is 11.9. The lowest BCUT2D eigenvalue weighted by molar-refractivity contribution is 0.459. The number of ether oxygens (including phenoxy) is 2. The van der Waals surface area contributed by atoms with Crippen molar-refractivity contribution in [1.29, 1.82) is 0 Å². The maximum absolute atomic E-state index is 5.69. The molecule has 0 aliphatic rings. The van der Waals surface area contributed by atoms with Crippen molar-refractivity contribution in [3.8, 4) is 17.2 Å². The Bertz CT molecular complexity index is 489. The van der Waals surface area contributed by atoms with Gasteiger partial charge >= 0.3 is 0 Å². The molecular formula is C15H14O2. The average Bonchev–Trinajstić information content (AvgIpc) is 2.38. The van der Waals surface area contributed by atoms with Gasteiger partial charge in [0.2, 0.25) is 0 Å². The molecule has 2 aromatic carbocycles. The van der Waals surface area contributed by atoms with Crippen LogP contribution in [0.3, 0.4) is 0 Å². The predicted octanol–water partition coefficient (Wildman–Crippen LogP) is 4.39. The molecule has 2 heteroatoms. The standard InChI is InChI=1S/C15H14O2/c1-2-11-16-14-9-6-10-15(12-14)17-13-7-4-3-5-8-13/h2-12H,1H3/b11-2-. The van der Waals surface area contributed by atoms with Gasteiger partial charge in [0, 0.05) is 6.07 Å². The second kappa shape index (κ2) is 5.75. The van der Waals surface area contributed by atoms with Crippen LogP contribution in [0.1, 0.15) is 6.92 Å². The minimum absolute atomic E-state index is 0.761. The van der Waals surface area contributed by atoms with Gasteiger partial charge in [-0.1, -0.05) is 30.3 Å². The van der Waals surface area contributed by atoms with Gasteiger partial charge < -0.3 is 9.47 Å². The Hall–Kier alpha value is -2.22. The predicted molar refractivity (Wildman–Crippen MR) is 68.4 cm³/mol. The SMILES string of the molecule is C/C=C\Oc1cccc(Oc2ccccc2)c1. The van der Waals surface area contributed by atoms with Crippen molar-refractivity contribution in [3.05, 3.63) is 66.9 Å². The highest BCUT2D eigenvalue weighted by Gasteiger charge is 1.98. The molecule has 0 aliphatic heterocycles. The van der Waals surface area contributed by atoms with Crippen molar-refractivity contribution in [2.75, 3.05) is 0 Å². The summed E-state index contributed by atoms with van der Waals surface area (Å²) in [6.07, 6.45) is 3.48. The van der Waals surface area contributed by atoms with E-state index in [1.54, 1.807) is 6.26 Å². The third kappa shape index (κ3) is 3.38. The summed E-state index contributed by atoms with van der Waals surface area (Å²) in [5, 5.41) is 0. The molecule has 0 atom stereocenters. The summed E-state index contributed by atoms with van der Waals surface area (Å²) in [5.74, 6) is 2.34. The van der Waals surface area contributed by atoms with Crippen molar-refractivity contribution in [1.82, 2.24) is 0 Å². The summed E-state index contributed by atoms with van der Waals surface area (Å²) < 4.78 is 11.1. The number of rotatable bonds is 4. The van der Waals surface area contributed by atoms with Gasteiger partial charge in [-0.25, -0.2) is 0 Å². The highest BCUT2D eigenvalue weighted by atomic mass is 16.5. The molecule has 0 aromatic heterocycles. The van der Waals surface area contributed by atoms with Crippen LogP contribution in [-0.4, -0.2) is 0 Å². The molecule has 2 aromatic rings. The second-order valence-electron chi connectivity index (χ2n) is 3.48. The molecule has 0 saturated heterocycles. The molecule has 17 heavy (non-hydrogen) atoms. The van der Waals surface area contributed by atoms with Crippen molar-refractivity contribution in [2.45, 2.75) is 6.92 Å². The summed E-state index contributed by atoms with van der Waals surface area (Å²) in [5.41, 5.74) is 0. The molecule has 0 heterocycles. The van der Waals surface area contributed by atoms with Crippen LogP contribution in [0.5, 0.6) is 17.2 Å². The Morgan fingerprint density at radius 1 is 0.824 bits per heavy atom. The highest BCUT2D eigenvalue weighted by Crippen LogP contribution is 2.24. The molecule has 2 nitrogen and oxygen atoms in total. The van der Waals surface area contributed by atoms with Crippen molar-refractivity contribution < 1.29 is 9.47 Å². The van der Waals surface area contributed by atoms with Gasteiger partial charge in [-0.15, -0.1) is 0 Å². The third-order valence-corrected chi connectivity index (χ3v) is 2.12. The highest BCUT2D eigenvalue weighted by molar-refractivity contribution is 5.36. The van der Waals surface area contributed by atoms with Gasteiger partial charge in [0.05, 0.1) is 6.26 Å². The zero-order valence-corrected chi connectivity index (χ0v) is 9.67. The van der Waals surface area contributed by atoms with E-state index in [1.165, 1.54) is 0 Å². The van der Waals surface area contributed by atoms with Crippen LogP contribution in [0, 0.1) is 0 Å². The van der Waals surface area contributed by atoms with Gasteiger partial charge in [0.25, 0.3) is 0 Å². The quantitative estimate of drug-likeness (QED) is 0.720. The fraction of sp³-hybridized carbons (Fsp3) is 0.0667. The summed E-state index contributed by atoms with van der Waals surface area (Å²) in [4.78, 5) is 0. The van der Waals surface area contributed by atoms with E-state index in [1.807, 2.05) is 67.6 Å². The second-order valence-corrected chi connectivity index (χ2v) is 3.48. The Labute approximate surface area is 101 Å². The molecular weight excluding hydrogens is 212 g/mol. The van der Waals surface area contributed by atoms with E-state index in [2.05, 4.69) is 0 Å². The minimum Gasteiger partial charge on any atom is -0.465 e. The van der Waals surface area contributed by atoms with Crippen molar-refractivity contribution in [2.24, 2.45) is 0 Å². The van der Waals surface area contributed by atoms with Crippen LogP contribution < -0.4 is 9.47 Å². The normalized spacial score (nSPS) is 10.4. The van der Waals surface area contributed by atoms with Crippen LogP contribution in [-0.2, 0) is 0 Å². The molecule has 0 N–H and O–H groups in total. The first-order valence-electron chi connectivity index (χ1n) is 5.49. The topological polar surface area (TPSA) is 18.5 Å². The van der Waals surface area contributed by atoms with Gasteiger partial charge in [-0.05, 0) is 31.2 Å². The molecule has 0 spiro atoms. The van der Waals surface area contributed by atoms with Gasteiger partial charge in [-0.2, -0.15) is 0 Å². The Morgan fingerprint density at radius 3 is 2.29 bits per heavy atom. The first-order valence-corrected chi connectivity index (χ1v) is 5.49.